The Hall–Kier alpha value is -2.56. The van der Waals surface area contributed by atoms with Crippen LogP contribution in [0.25, 0.3) is 10.9 Å². The van der Waals surface area contributed by atoms with Gasteiger partial charge in [0.25, 0.3) is 5.56 Å². The lowest BCUT2D eigenvalue weighted by atomic mass is 10.1. The number of hydrogen-bond acceptors (Lipinski definition) is 6. The molecule has 0 spiro atoms. The van der Waals surface area contributed by atoms with Crippen molar-refractivity contribution in [3.8, 4) is 5.75 Å². The average molecular weight is 364 g/mol. The first-order valence-electron chi connectivity index (χ1n) is 6.27. The number of phenols is 1. The molecule has 2 aromatic rings. The molecule has 7 nitrogen and oxygen atoms in total. The molecule has 24 heavy (non-hydrogen) atoms. The lowest BCUT2D eigenvalue weighted by Crippen LogP contribution is -2.33. The first-order valence-corrected chi connectivity index (χ1v) is 8.09. The van der Waals surface area contributed by atoms with Crippen molar-refractivity contribution in [2.75, 3.05) is 6.26 Å². The summed E-state index contributed by atoms with van der Waals surface area (Å²) >= 11 is 0. The molecule has 11 heteroatoms. The van der Waals surface area contributed by atoms with E-state index >= 15 is 0 Å². The number of pyridine rings is 1. The molecule has 1 aromatic heterocycles. The summed E-state index contributed by atoms with van der Waals surface area (Å²) in [6.07, 6.45) is -4.60. The third-order valence-corrected chi connectivity index (χ3v) is 3.34. The number of rotatable bonds is 3. The molecule has 0 amide bonds. The lowest BCUT2D eigenvalue weighted by molar-refractivity contribution is -0.0597. The maximum atomic E-state index is 13.2. The van der Waals surface area contributed by atoms with E-state index in [9.17, 15) is 31.5 Å². The molecule has 1 aromatic carbocycles. The summed E-state index contributed by atoms with van der Waals surface area (Å²) in [7, 11) is -3.08. The van der Waals surface area contributed by atoms with Crippen LogP contribution >= 0.6 is 0 Å². The highest BCUT2D eigenvalue weighted by atomic mass is 32.2. The minimum atomic E-state index is -5.12. The first kappa shape index (κ1) is 17.8. The zero-order valence-corrected chi connectivity index (χ0v) is 13.1. The number of aryl methyl sites for hydroxylation is 1. The van der Waals surface area contributed by atoms with Crippen molar-refractivity contribution in [2.45, 2.75) is 6.18 Å². The Morgan fingerprint density at radius 2 is 1.92 bits per heavy atom. The standard InChI is InChI=1S/C13H11F3N2O5S/c1-18-10-6-8(19)4-3-7(10)5-9(12(18)20)11(13(14,15)16)17-23-24(2,21)22/h3-6,19H,1-2H3/b17-11+. The SMILES string of the molecule is Cn1c(=O)c(/C(=N\OS(C)(=O)=O)C(F)(F)F)cc2ccc(O)cc21. The second-order valence-corrected chi connectivity index (χ2v) is 6.44. The highest BCUT2D eigenvalue weighted by Gasteiger charge is 2.40. The van der Waals surface area contributed by atoms with Gasteiger partial charge >= 0.3 is 16.3 Å². The predicted molar refractivity (Wildman–Crippen MR) is 79.4 cm³/mol. The summed E-state index contributed by atoms with van der Waals surface area (Å²) in [6, 6.07) is 4.64. The quantitative estimate of drug-likeness (QED) is 0.657. The van der Waals surface area contributed by atoms with Crippen LogP contribution in [0.2, 0.25) is 0 Å². The normalized spacial score (nSPS) is 13.3. The van der Waals surface area contributed by atoms with E-state index in [1.165, 1.54) is 25.2 Å². The number of benzene rings is 1. The van der Waals surface area contributed by atoms with Gasteiger partial charge in [0, 0.05) is 13.1 Å². The van der Waals surface area contributed by atoms with Crippen LogP contribution in [-0.2, 0) is 21.4 Å². The molecule has 1 N–H and O–H groups in total. The Morgan fingerprint density at radius 3 is 2.46 bits per heavy atom. The molecule has 1 heterocycles. The van der Waals surface area contributed by atoms with Crippen LogP contribution in [0.3, 0.4) is 0 Å². The van der Waals surface area contributed by atoms with Gasteiger partial charge in [-0.3, -0.25) is 9.08 Å². The summed E-state index contributed by atoms with van der Waals surface area (Å²) in [5.41, 5.74) is -3.55. The van der Waals surface area contributed by atoms with E-state index in [2.05, 4.69) is 9.44 Å². The molecule has 130 valence electrons. The van der Waals surface area contributed by atoms with Crippen molar-refractivity contribution in [3.05, 3.63) is 40.2 Å². The van der Waals surface area contributed by atoms with E-state index in [-0.39, 0.29) is 16.7 Å². The van der Waals surface area contributed by atoms with E-state index < -0.39 is 33.1 Å². The number of phenolic OH excluding ortho intramolecular Hbond substituents is 1. The highest BCUT2D eigenvalue weighted by molar-refractivity contribution is 7.85. The fourth-order valence-electron chi connectivity index (χ4n) is 1.98. The van der Waals surface area contributed by atoms with Gasteiger partial charge in [-0.25, -0.2) is 0 Å². The minimum Gasteiger partial charge on any atom is -0.508 e. The van der Waals surface area contributed by atoms with Crippen LogP contribution in [0.5, 0.6) is 5.75 Å². The molecule has 0 aliphatic carbocycles. The van der Waals surface area contributed by atoms with Crippen molar-refractivity contribution in [1.82, 2.24) is 4.57 Å². The highest BCUT2D eigenvalue weighted by Crippen LogP contribution is 2.25. The molecule has 0 saturated heterocycles. The van der Waals surface area contributed by atoms with Crippen LogP contribution in [0.15, 0.2) is 34.2 Å². The first-order chi connectivity index (χ1) is 10.9. The molecule has 0 bridgehead atoms. The van der Waals surface area contributed by atoms with Crippen LogP contribution in [0, 0.1) is 0 Å². The minimum absolute atomic E-state index is 0.171. The molecule has 0 unspecified atom stereocenters. The Labute approximate surface area is 133 Å². The van der Waals surface area contributed by atoms with Crippen molar-refractivity contribution in [2.24, 2.45) is 12.2 Å². The molecule has 0 aliphatic rings. The van der Waals surface area contributed by atoms with Crippen LogP contribution in [0.4, 0.5) is 13.2 Å². The van der Waals surface area contributed by atoms with E-state index in [4.69, 9.17) is 0 Å². The van der Waals surface area contributed by atoms with Gasteiger partial charge in [0.15, 0.2) is 5.71 Å². The summed E-state index contributed by atoms with van der Waals surface area (Å²) < 4.78 is 66.0. The molecule has 0 fully saturated rings. The molecule has 2 rings (SSSR count). The van der Waals surface area contributed by atoms with Gasteiger partial charge in [-0.1, -0.05) is 5.16 Å². The van der Waals surface area contributed by atoms with Crippen molar-refractivity contribution in [1.29, 1.82) is 0 Å². The third-order valence-electron chi connectivity index (χ3n) is 3.00. The number of halogens is 3. The number of alkyl halides is 3. The third kappa shape index (κ3) is 3.67. The Bertz CT molecular complexity index is 993. The van der Waals surface area contributed by atoms with Crippen LogP contribution < -0.4 is 5.56 Å². The lowest BCUT2D eigenvalue weighted by Gasteiger charge is -2.12. The van der Waals surface area contributed by atoms with Gasteiger partial charge in [-0.2, -0.15) is 21.6 Å². The summed E-state index contributed by atoms with van der Waals surface area (Å²) in [5, 5.41) is 12.2. The predicted octanol–water partition coefficient (Wildman–Crippen LogP) is 1.49. The van der Waals surface area contributed by atoms with Gasteiger partial charge in [0.05, 0.1) is 17.3 Å². The summed E-state index contributed by atoms with van der Waals surface area (Å²) in [5.74, 6) is -0.171. The fraction of sp³-hybridized carbons (Fsp3) is 0.231. The average Bonchev–Trinajstić information content (AvgIpc) is 2.42. The topological polar surface area (TPSA) is 98.0 Å². The molecular formula is C13H11F3N2O5S. The van der Waals surface area contributed by atoms with Gasteiger partial charge < -0.3 is 9.67 Å². The van der Waals surface area contributed by atoms with Crippen LogP contribution in [-0.4, -0.2) is 36.2 Å². The van der Waals surface area contributed by atoms with Gasteiger partial charge in [0.2, 0.25) is 0 Å². The molecule has 0 radical (unpaired) electrons. The zero-order chi connectivity index (χ0) is 18.3. The number of hydrogen-bond donors (Lipinski definition) is 1. The number of oxime groups is 1. The maximum Gasteiger partial charge on any atom is 0.437 e. The molecule has 0 saturated carbocycles. The second-order valence-electron chi connectivity index (χ2n) is 4.88. The zero-order valence-electron chi connectivity index (χ0n) is 12.3. The number of fused-ring (bicyclic) bond motifs is 1. The van der Waals surface area contributed by atoms with Crippen molar-refractivity contribution >= 4 is 26.7 Å². The van der Waals surface area contributed by atoms with Gasteiger partial charge in [-0.15, -0.1) is 0 Å². The fourth-order valence-corrected chi connectivity index (χ4v) is 2.19. The monoisotopic (exact) mass is 364 g/mol. The second kappa shape index (κ2) is 5.82. The number of aromatic hydroxyl groups is 1. The smallest absolute Gasteiger partial charge is 0.437 e. The molecule has 0 atom stereocenters. The van der Waals surface area contributed by atoms with Crippen molar-refractivity contribution < 1.29 is 31.0 Å². The Morgan fingerprint density at radius 1 is 1.29 bits per heavy atom. The van der Waals surface area contributed by atoms with Crippen molar-refractivity contribution in [3.63, 3.8) is 0 Å². The molecule has 0 aliphatic heterocycles. The van der Waals surface area contributed by atoms with Gasteiger partial charge in [-0.05, 0) is 23.6 Å². The summed E-state index contributed by atoms with van der Waals surface area (Å²) in [6.45, 7) is 0. The Balaban J connectivity index is 2.78. The largest absolute Gasteiger partial charge is 0.508 e. The Kier molecular flexibility index (Phi) is 4.31. The van der Waals surface area contributed by atoms with Crippen LogP contribution in [0.1, 0.15) is 5.56 Å². The maximum absolute atomic E-state index is 13.2. The van der Waals surface area contributed by atoms with E-state index in [1.807, 2.05) is 0 Å². The number of aromatic nitrogens is 1. The van der Waals surface area contributed by atoms with E-state index in [1.54, 1.807) is 0 Å². The number of nitrogens with zero attached hydrogens (tertiary/aromatic N) is 2. The molecular weight excluding hydrogens is 353 g/mol. The van der Waals surface area contributed by atoms with E-state index in [0.717, 1.165) is 10.6 Å². The summed E-state index contributed by atoms with van der Waals surface area (Å²) in [4.78, 5) is 12.2. The van der Waals surface area contributed by atoms with E-state index in [0.29, 0.717) is 6.26 Å². The van der Waals surface area contributed by atoms with Gasteiger partial charge in [0.1, 0.15) is 5.75 Å².